The Morgan fingerprint density at radius 3 is 3.00 bits per heavy atom. The lowest BCUT2D eigenvalue weighted by Crippen LogP contribution is -2.32. The van der Waals surface area contributed by atoms with Crippen molar-refractivity contribution in [3.05, 3.63) is 42.5 Å². The average molecular weight is 221 g/mol. The highest BCUT2D eigenvalue weighted by Crippen LogP contribution is 2.14. The highest BCUT2D eigenvalue weighted by molar-refractivity contribution is 5.73. The Hall–Kier alpha value is -1.81. The van der Waals surface area contributed by atoms with Gasteiger partial charge in [0.05, 0.1) is 0 Å². The van der Waals surface area contributed by atoms with Crippen LogP contribution in [0, 0.1) is 0 Å². The maximum absolute atomic E-state index is 10.6. The molecule has 0 saturated heterocycles. The van der Waals surface area contributed by atoms with Crippen molar-refractivity contribution in [2.75, 3.05) is 6.61 Å². The van der Waals surface area contributed by atoms with Gasteiger partial charge >= 0.3 is 5.97 Å². The number of hydrogen-bond donors (Lipinski definition) is 2. The van der Waals surface area contributed by atoms with Crippen molar-refractivity contribution in [1.82, 2.24) is 0 Å². The third kappa shape index (κ3) is 3.74. The van der Waals surface area contributed by atoms with E-state index in [4.69, 9.17) is 15.6 Å². The smallest absolute Gasteiger partial charge is 0.320 e. The molecular formula is C12H15NO3. The molecule has 0 aliphatic heterocycles. The molecule has 1 rings (SSSR count). The zero-order chi connectivity index (χ0) is 12.0. The summed E-state index contributed by atoms with van der Waals surface area (Å²) in [5.41, 5.74) is 6.29. The third-order valence-electron chi connectivity index (χ3n) is 2.04. The van der Waals surface area contributed by atoms with E-state index in [1.807, 2.05) is 12.1 Å². The van der Waals surface area contributed by atoms with Crippen LogP contribution in [0.1, 0.15) is 5.56 Å². The average Bonchev–Trinajstić information content (AvgIpc) is 2.26. The van der Waals surface area contributed by atoms with E-state index in [0.717, 1.165) is 5.56 Å². The largest absolute Gasteiger partial charge is 0.490 e. The first kappa shape index (κ1) is 12.3. The number of carboxylic acids is 1. The molecule has 0 aliphatic rings. The van der Waals surface area contributed by atoms with E-state index in [1.54, 1.807) is 18.2 Å². The first-order valence-corrected chi connectivity index (χ1v) is 4.94. The fourth-order valence-corrected chi connectivity index (χ4v) is 1.26. The predicted molar refractivity (Wildman–Crippen MR) is 61.4 cm³/mol. The Morgan fingerprint density at radius 2 is 2.38 bits per heavy atom. The van der Waals surface area contributed by atoms with E-state index < -0.39 is 12.0 Å². The van der Waals surface area contributed by atoms with E-state index >= 15 is 0 Å². The van der Waals surface area contributed by atoms with E-state index in [0.29, 0.717) is 18.8 Å². The van der Waals surface area contributed by atoms with Crippen LogP contribution in [-0.4, -0.2) is 23.7 Å². The highest BCUT2D eigenvalue weighted by Gasteiger charge is 2.12. The number of rotatable bonds is 6. The number of ether oxygens (including phenoxy) is 1. The molecule has 0 amide bonds. The van der Waals surface area contributed by atoms with Gasteiger partial charge in [0.2, 0.25) is 0 Å². The van der Waals surface area contributed by atoms with Gasteiger partial charge < -0.3 is 15.6 Å². The van der Waals surface area contributed by atoms with Gasteiger partial charge in [-0.3, -0.25) is 4.79 Å². The minimum atomic E-state index is -1.00. The highest BCUT2D eigenvalue weighted by atomic mass is 16.5. The molecule has 1 atom stereocenters. The quantitative estimate of drug-likeness (QED) is 0.708. The summed E-state index contributed by atoms with van der Waals surface area (Å²) in [6, 6.07) is 6.34. The lowest BCUT2D eigenvalue weighted by Gasteiger charge is -2.08. The van der Waals surface area contributed by atoms with Crippen molar-refractivity contribution in [1.29, 1.82) is 0 Å². The van der Waals surface area contributed by atoms with Crippen LogP contribution in [0.3, 0.4) is 0 Å². The molecule has 16 heavy (non-hydrogen) atoms. The van der Waals surface area contributed by atoms with Gasteiger partial charge in [0.1, 0.15) is 18.4 Å². The van der Waals surface area contributed by atoms with Gasteiger partial charge in [0, 0.05) is 0 Å². The third-order valence-corrected chi connectivity index (χ3v) is 2.04. The second-order valence-electron chi connectivity index (χ2n) is 3.40. The number of benzene rings is 1. The molecule has 0 fully saturated rings. The van der Waals surface area contributed by atoms with Crippen LogP contribution in [0.25, 0.3) is 0 Å². The van der Waals surface area contributed by atoms with Crippen LogP contribution in [0.15, 0.2) is 36.9 Å². The molecule has 1 aromatic carbocycles. The van der Waals surface area contributed by atoms with Gasteiger partial charge in [-0.15, -0.1) is 0 Å². The van der Waals surface area contributed by atoms with E-state index in [9.17, 15) is 4.79 Å². The Morgan fingerprint density at radius 1 is 1.62 bits per heavy atom. The maximum atomic E-state index is 10.6. The van der Waals surface area contributed by atoms with Crippen LogP contribution < -0.4 is 10.5 Å². The summed E-state index contributed by atoms with van der Waals surface area (Å²) in [6.45, 7) is 3.97. The molecule has 0 bridgehead atoms. The van der Waals surface area contributed by atoms with Gasteiger partial charge in [0.25, 0.3) is 0 Å². The summed E-state index contributed by atoms with van der Waals surface area (Å²) in [7, 11) is 0. The van der Waals surface area contributed by atoms with Crippen molar-refractivity contribution in [2.24, 2.45) is 5.73 Å². The van der Waals surface area contributed by atoms with Crippen molar-refractivity contribution in [2.45, 2.75) is 12.5 Å². The minimum Gasteiger partial charge on any atom is -0.490 e. The number of nitrogens with two attached hydrogens (primary N) is 1. The fraction of sp³-hybridized carbons (Fsp3) is 0.250. The molecule has 0 unspecified atom stereocenters. The summed E-state index contributed by atoms with van der Waals surface area (Å²) >= 11 is 0. The fourth-order valence-electron chi connectivity index (χ4n) is 1.26. The molecule has 0 radical (unpaired) electrons. The van der Waals surface area contributed by atoms with Crippen LogP contribution >= 0.6 is 0 Å². The number of hydrogen-bond acceptors (Lipinski definition) is 3. The Bertz CT molecular complexity index is 376. The lowest BCUT2D eigenvalue weighted by atomic mass is 10.1. The second-order valence-corrected chi connectivity index (χ2v) is 3.40. The van der Waals surface area contributed by atoms with Crippen molar-refractivity contribution in [3.8, 4) is 5.75 Å². The van der Waals surface area contributed by atoms with Crippen LogP contribution in [0.5, 0.6) is 5.75 Å². The number of carboxylic acid groups (broad SMARTS) is 1. The first-order valence-electron chi connectivity index (χ1n) is 4.94. The summed E-state index contributed by atoms with van der Waals surface area (Å²) < 4.78 is 5.33. The standard InChI is InChI=1S/C12H15NO3/c1-2-6-16-10-5-3-4-9(7-10)8-11(13)12(14)15/h2-5,7,11H,1,6,8,13H2,(H,14,15)/t11-/m0/s1. The first-order chi connectivity index (χ1) is 7.63. The summed E-state index contributed by atoms with van der Waals surface area (Å²) in [5, 5.41) is 8.68. The molecular weight excluding hydrogens is 206 g/mol. The second kappa shape index (κ2) is 5.92. The molecule has 4 nitrogen and oxygen atoms in total. The minimum absolute atomic E-state index is 0.292. The molecule has 1 aromatic rings. The number of aliphatic carboxylic acids is 1. The van der Waals surface area contributed by atoms with Crippen LogP contribution in [0.2, 0.25) is 0 Å². The van der Waals surface area contributed by atoms with Crippen molar-refractivity contribution >= 4 is 5.97 Å². The predicted octanol–water partition coefficient (Wildman–Crippen LogP) is 1.21. The molecule has 0 heterocycles. The number of carbonyl (C=O) groups is 1. The van der Waals surface area contributed by atoms with Gasteiger partial charge in [-0.1, -0.05) is 24.8 Å². The van der Waals surface area contributed by atoms with Crippen molar-refractivity contribution in [3.63, 3.8) is 0 Å². The molecule has 86 valence electrons. The van der Waals surface area contributed by atoms with Gasteiger partial charge in [-0.2, -0.15) is 0 Å². The van der Waals surface area contributed by atoms with Crippen LogP contribution in [-0.2, 0) is 11.2 Å². The van der Waals surface area contributed by atoms with Gasteiger partial charge in [-0.25, -0.2) is 0 Å². The lowest BCUT2D eigenvalue weighted by molar-refractivity contribution is -0.138. The summed E-state index contributed by atoms with van der Waals surface area (Å²) in [5.74, 6) is -0.313. The van der Waals surface area contributed by atoms with Crippen molar-refractivity contribution < 1.29 is 14.6 Å². The molecule has 0 spiro atoms. The zero-order valence-electron chi connectivity index (χ0n) is 8.93. The molecule has 3 N–H and O–H groups in total. The Labute approximate surface area is 94.3 Å². The zero-order valence-corrected chi connectivity index (χ0v) is 8.93. The SMILES string of the molecule is C=CCOc1cccc(C[C@H](N)C(=O)O)c1. The maximum Gasteiger partial charge on any atom is 0.320 e. The Kier molecular flexibility index (Phi) is 4.54. The summed E-state index contributed by atoms with van der Waals surface area (Å²) in [6.07, 6.45) is 1.94. The monoisotopic (exact) mass is 221 g/mol. The van der Waals surface area contributed by atoms with E-state index in [2.05, 4.69) is 6.58 Å². The molecule has 0 aromatic heterocycles. The molecule has 0 saturated carbocycles. The topological polar surface area (TPSA) is 72.5 Å². The Balaban J connectivity index is 2.66. The normalized spacial score (nSPS) is 11.8. The van der Waals surface area contributed by atoms with E-state index in [-0.39, 0.29) is 0 Å². The molecule has 4 heteroatoms. The van der Waals surface area contributed by atoms with Gasteiger partial charge in [-0.05, 0) is 24.1 Å². The van der Waals surface area contributed by atoms with E-state index in [1.165, 1.54) is 0 Å². The van der Waals surface area contributed by atoms with Crippen LogP contribution in [0.4, 0.5) is 0 Å². The summed E-state index contributed by atoms with van der Waals surface area (Å²) in [4.78, 5) is 10.6. The molecule has 0 aliphatic carbocycles. The van der Waals surface area contributed by atoms with Gasteiger partial charge in [0.15, 0.2) is 0 Å².